The maximum atomic E-state index is 12.2. The van der Waals surface area contributed by atoms with Crippen molar-refractivity contribution in [2.45, 2.75) is 4.21 Å². The number of hydrogen-bond acceptors (Lipinski definition) is 3. The summed E-state index contributed by atoms with van der Waals surface area (Å²) in [5, 5.41) is 0.442. The van der Waals surface area contributed by atoms with E-state index in [1.54, 1.807) is 18.2 Å². The summed E-state index contributed by atoms with van der Waals surface area (Å²) < 4.78 is 28.3. The molecule has 9 heteroatoms. The smallest absolute Gasteiger partial charge is 0.271 e. The Hall–Kier alpha value is 0.210. The Balaban J connectivity index is 2.41. The molecule has 0 atom stereocenters. The summed E-state index contributed by atoms with van der Waals surface area (Å²) in [5.74, 6) is 0. The van der Waals surface area contributed by atoms with Crippen molar-refractivity contribution in [2.75, 3.05) is 4.72 Å². The van der Waals surface area contributed by atoms with Crippen LogP contribution in [0.1, 0.15) is 0 Å². The molecule has 19 heavy (non-hydrogen) atoms. The Morgan fingerprint density at radius 2 is 1.68 bits per heavy atom. The Morgan fingerprint density at radius 3 is 2.16 bits per heavy atom. The molecular formula is C10H5Br2Cl2NO2S2. The third kappa shape index (κ3) is 3.65. The molecule has 0 bridgehead atoms. The van der Waals surface area contributed by atoms with E-state index in [1.165, 1.54) is 6.07 Å². The second-order valence-corrected chi connectivity index (χ2v) is 9.51. The number of anilines is 1. The largest absolute Gasteiger partial charge is 0.276 e. The van der Waals surface area contributed by atoms with Gasteiger partial charge in [0.1, 0.15) is 4.21 Å². The number of halogens is 4. The molecule has 0 radical (unpaired) electrons. The summed E-state index contributed by atoms with van der Waals surface area (Å²) in [5.41, 5.74) is 0.163. The second-order valence-electron chi connectivity index (χ2n) is 3.41. The molecule has 0 saturated heterocycles. The molecular weight excluding hydrogens is 461 g/mol. The average Bonchev–Trinajstić information content (AvgIpc) is 2.71. The maximum Gasteiger partial charge on any atom is 0.271 e. The summed E-state index contributed by atoms with van der Waals surface area (Å²) in [6.45, 7) is 0. The number of benzene rings is 1. The van der Waals surface area contributed by atoms with Gasteiger partial charge in [-0.2, -0.15) is 0 Å². The Bertz CT molecular complexity index is 708. The molecule has 1 aromatic heterocycles. The van der Waals surface area contributed by atoms with Crippen LogP contribution < -0.4 is 4.72 Å². The van der Waals surface area contributed by atoms with Crippen LogP contribution in [0.5, 0.6) is 0 Å². The van der Waals surface area contributed by atoms with Crippen molar-refractivity contribution < 1.29 is 8.42 Å². The van der Waals surface area contributed by atoms with E-state index < -0.39 is 10.0 Å². The first-order valence-electron chi connectivity index (χ1n) is 4.72. The maximum absolute atomic E-state index is 12.2. The molecule has 0 spiro atoms. The van der Waals surface area contributed by atoms with Gasteiger partial charge in [0, 0.05) is 4.47 Å². The second kappa shape index (κ2) is 5.91. The SMILES string of the molecule is O=S(=O)(Nc1c(Cl)cc(Br)cc1Cl)c1ccc(Br)s1. The van der Waals surface area contributed by atoms with Crippen LogP contribution in [0.2, 0.25) is 10.0 Å². The molecule has 102 valence electrons. The predicted molar refractivity (Wildman–Crippen MR) is 87.0 cm³/mol. The molecule has 1 N–H and O–H groups in total. The standard InChI is InChI=1S/C10H5Br2Cl2NO2S2/c11-5-3-6(13)10(7(14)4-5)15-19(16,17)9-2-1-8(12)18-9/h1-4,15H. The van der Waals surface area contributed by atoms with Gasteiger partial charge in [-0.05, 0) is 40.2 Å². The predicted octanol–water partition coefficient (Wildman–Crippen LogP) is 5.38. The fourth-order valence-corrected chi connectivity index (χ4v) is 5.79. The van der Waals surface area contributed by atoms with E-state index in [4.69, 9.17) is 23.2 Å². The van der Waals surface area contributed by atoms with Crippen molar-refractivity contribution in [1.82, 2.24) is 0 Å². The minimum Gasteiger partial charge on any atom is -0.276 e. The topological polar surface area (TPSA) is 46.2 Å². The van der Waals surface area contributed by atoms with Gasteiger partial charge in [0.05, 0.1) is 19.5 Å². The minimum absolute atomic E-state index is 0.163. The Labute approximate surface area is 141 Å². The number of thiophene rings is 1. The van der Waals surface area contributed by atoms with Gasteiger partial charge < -0.3 is 0 Å². The van der Waals surface area contributed by atoms with Gasteiger partial charge in [0.2, 0.25) is 0 Å². The monoisotopic (exact) mass is 463 g/mol. The summed E-state index contributed by atoms with van der Waals surface area (Å²) in [4.78, 5) is 0. The van der Waals surface area contributed by atoms with E-state index in [0.717, 1.165) is 15.1 Å². The normalized spacial score (nSPS) is 11.6. The van der Waals surface area contributed by atoms with Crippen LogP contribution in [0, 0.1) is 0 Å². The van der Waals surface area contributed by atoms with Gasteiger partial charge in [0.25, 0.3) is 10.0 Å². The van der Waals surface area contributed by atoms with Crippen LogP contribution in [0.25, 0.3) is 0 Å². The van der Waals surface area contributed by atoms with Crippen LogP contribution in [-0.2, 0) is 10.0 Å². The van der Waals surface area contributed by atoms with E-state index >= 15 is 0 Å². The van der Waals surface area contributed by atoms with E-state index in [2.05, 4.69) is 36.6 Å². The third-order valence-corrected chi connectivity index (χ3v) is 6.58. The number of sulfonamides is 1. The summed E-state index contributed by atoms with van der Waals surface area (Å²) in [6.07, 6.45) is 0. The molecule has 1 heterocycles. The first-order chi connectivity index (χ1) is 8.79. The lowest BCUT2D eigenvalue weighted by Crippen LogP contribution is -2.12. The van der Waals surface area contributed by atoms with Crippen LogP contribution in [0.4, 0.5) is 5.69 Å². The summed E-state index contributed by atoms with van der Waals surface area (Å²) in [7, 11) is -3.70. The molecule has 0 unspecified atom stereocenters. The molecule has 1 aromatic carbocycles. The van der Waals surface area contributed by atoms with Gasteiger partial charge in [-0.15, -0.1) is 11.3 Å². The third-order valence-electron chi connectivity index (χ3n) is 2.06. The average molecular weight is 466 g/mol. The fraction of sp³-hybridized carbons (Fsp3) is 0. The van der Waals surface area contributed by atoms with Crippen LogP contribution >= 0.6 is 66.4 Å². The molecule has 0 aliphatic carbocycles. The zero-order valence-electron chi connectivity index (χ0n) is 8.95. The van der Waals surface area contributed by atoms with Crippen LogP contribution in [-0.4, -0.2) is 8.42 Å². The molecule has 0 saturated carbocycles. The van der Waals surface area contributed by atoms with E-state index in [1.807, 2.05) is 0 Å². The first-order valence-corrected chi connectivity index (χ1v) is 9.36. The fourth-order valence-electron chi connectivity index (χ4n) is 1.27. The van der Waals surface area contributed by atoms with Gasteiger partial charge in [0.15, 0.2) is 0 Å². The van der Waals surface area contributed by atoms with Crippen LogP contribution in [0.3, 0.4) is 0 Å². The number of nitrogens with one attached hydrogen (secondary N) is 1. The van der Waals surface area contributed by atoms with Crippen LogP contribution in [0.15, 0.2) is 36.7 Å². The molecule has 3 nitrogen and oxygen atoms in total. The Morgan fingerprint density at radius 1 is 1.11 bits per heavy atom. The van der Waals surface area contributed by atoms with Crippen molar-refractivity contribution in [2.24, 2.45) is 0 Å². The van der Waals surface area contributed by atoms with Crippen molar-refractivity contribution in [3.63, 3.8) is 0 Å². The summed E-state index contributed by atoms with van der Waals surface area (Å²) in [6, 6.07) is 6.28. The molecule has 0 aliphatic rings. The minimum atomic E-state index is -3.70. The van der Waals surface area contributed by atoms with Crippen molar-refractivity contribution in [3.8, 4) is 0 Å². The zero-order chi connectivity index (χ0) is 14.2. The van der Waals surface area contributed by atoms with Gasteiger partial charge >= 0.3 is 0 Å². The highest BCUT2D eigenvalue weighted by Crippen LogP contribution is 2.36. The number of rotatable bonds is 3. The van der Waals surface area contributed by atoms with E-state index in [-0.39, 0.29) is 19.9 Å². The number of hydrogen-bond donors (Lipinski definition) is 1. The Kier molecular flexibility index (Phi) is 4.85. The molecule has 0 fully saturated rings. The van der Waals surface area contributed by atoms with Gasteiger partial charge in [-0.1, -0.05) is 39.1 Å². The highest BCUT2D eigenvalue weighted by atomic mass is 79.9. The summed E-state index contributed by atoms with van der Waals surface area (Å²) >= 11 is 19.5. The highest BCUT2D eigenvalue weighted by Gasteiger charge is 2.20. The molecule has 0 amide bonds. The van der Waals surface area contributed by atoms with Crippen molar-refractivity contribution in [1.29, 1.82) is 0 Å². The highest BCUT2D eigenvalue weighted by molar-refractivity contribution is 9.11. The van der Waals surface area contributed by atoms with Gasteiger partial charge in [-0.3, -0.25) is 4.72 Å². The lowest BCUT2D eigenvalue weighted by molar-refractivity contribution is 0.603. The van der Waals surface area contributed by atoms with Gasteiger partial charge in [-0.25, -0.2) is 8.42 Å². The zero-order valence-corrected chi connectivity index (χ0v) is 15.3. The van der Waals surface area contributed by atoms with Crippen molar-refractivity contribution in [3.05, 3.63) is 42.6 Å². The first kappa shape index (κ1) is 15.6. The quantitative estimate of drug-likeness (QED) is 0.661. The molecule has 2 rings (SSSR count). The van der Waals surface area contributed by atoms with E-state index in [9.17, 15) is 8.42 Å². The lowest BCUT2D eigenvalue weighted by Gasteiger charge is -2.10. The molecule has 0 aliphatic heterocycles. The van der Waals surface area contributed by atoms with E-state index in [0.29, 0.717) is 4.47 Å². The van der Waals surface area contributed by atoms with Crippen molar-refractivity contribution >= 4 is 82.1 Å². The lowest BCUT2D eigenvalue weighted by atomic mass is 10.3. The molecule has 2 aromatic rings.